The Hall–Kier alpha value is -2.32. The highest BCUT2D eigenvalue weighted by atomic mass is 16.5. The summed E-state index contributed by atoms with van der Waals surface area (Å²) >= 11 is 0. The second-order valence-electron chi connectivity index (χ2n) is 6.83. The molecule has 3 aliphatic rings. The number of likely N-dealkylation sites (N-methyl/N-ethyl adjacent to an activating group) is 1. The third kappa shape index (κ3) is 3.91. The van der Waals surface area contributed by atoms with Gasteiger partial charge in [-0.3, -0.25) is 9.80 Å². The first-order chi connectivity index (χ1) is 12.6. The Morgan fingerprint density at radius 2 is 2.12 bits per heavy atom. The average molecular weight is 360 g/mol. The number of fused-ring (bicyclic) bond motifs is 1. The van der Waals surface area contributed by atoms with E-state index in [1.165, 1.54) is 32.1 Å². The number of carbonyl (C=O) groups excluding carboxylic acids is 1. The minimum Gasteiger partial charge on any atom is -0.464 e. The molecule has 0 spiro atoms. The first-order valence-corrected chi connectivity index (χ1v) is 9.21. The smallest absolute Gasteiger partial charge is 0.323 e. The maximum Gasteiger partial charge on any atom is 0.323 e. The lowest BCUT2D eigenvalue weighted by Crippen LogP contribution is -2.33. The standard InChI is InChI=1S/C13H19N5.C5H9NO2/c14-11(9-4-2-1-3-5-9)12-10-6-7-16-13(10)17-8-18(12)15;1-6-4-2-3-8-5(4)7/h6-9,16H,1-5,14-15H2;4,6H,2-3H2,1H3/b12-11-;. The molecule has 1 aromatic heterocycles. The summed E-state index contributed by atoms with van der Waals surface area (Å²) in [5, 5.41) is 4.38. The number of ether oxygens (including phenoxy) is 1. The summed E-state index contributed by atoms with van der Waals surface area (Å²) in [6.45, 7) is 0.574. The maximum absolute atomic E-state index is 10.5. The molecule has 4 rings (SSSR count). The summed E-state index contributed by atoms with van der Waals surface area (Å²) < 4.78 is 4.65. The molecule has 1 saturated carbocycles. The van der Waals surface area contributed by atoms with Crippen LogP contribution in [0.3, 0.4) is 0 Å². The third-order valence-corrected chi connectivity index (χ3v) is 5.15. The molecule has 26 heavy (non-hydrogen) atoms. The number of nitrogens with zero attached hydrogens (tertiary/aromatic N) is 2. The second kappa shape index (κ2) is 8.37. The van der Waals surface area contributed by atoms with Gasteiger partial charge in [-0.05, 0) is 26.0 Å². The summed E-state index contributed by atoms with van der Waals surface area (Å²) in [5.74, 6) is 7.17. The molecular formula is C18H28N6O2. The van der Waals surface area contributed by atoms with Crippen molar-refractivity contribution in [2.24, 2.45) is 22.5 Å². The van der Waals surface area contributed by atoms with Crippen LogP contribution in [0.1, 0.15) is 44.1 Å². The van der Waals surface area contributed by atoms with Crippen LogP contribution < -0.4 is 16.9 Å². The fourth-order valence-corrected chi connectivity index (χ4v) is 3.64. The van der Waals surface area contributed by atoms with Crippen LogP contribution in [0.25, 0.3) is 5.70 Å². The Morgan fingerprint density at radius 1 is 1.35 bits per heavy atom. The molecular weight excluding hydrogens is 332 g/mol. The number of nitrogens with one attached hydrogen (secondary N) is 2. The third-order valence-electron chi connectivity index (χ3n) is 5.15. The zero-order valence-electron chi connectivity index (χ0n) is 15.2. The number of nitrogens with two attached hydrogens (primary N) is 2. The monoisotopic (exact) mass is 360 g/mol. The van der Waals surface area contributed by atoms with Gasteiger partial charge in [-0.2, -0.15) is 0 Å². The van der Waals surface area contributed by atoms with E-state index in [4.69, 9.17) is 11.6 Å². The van der Waals surface area contributed by atoms with Gasteiger partial charge in [0, 0.05) is 29.8 Å². The van der Waals surface area contributed by atoms with Gasteiger partial charge in [0.05, 0.1) is 12.3 Å². The zero-order chi connectivity index (χ0) is 18.5. The quantitative estimate of drug-likeness (QED) is 0.469. The number of carbonyl (C=O) groups is 1. The topological polar surface area (TPSA) is 122 Å². The van der Waals surface area contributed by atoms with Gasteiger partial charge in [-0.25, -0.2) is 10.8 Å². The van der Waals surface area contributed by atoms with E-state index >= 15 is 0 Å². The molecule has 8 heteroatoms. The van der Waals surface area contributed by atoms with E-state index in [1.54, 1.807) is 18.4 Å². The number of hydrogen-bond acceptors (Lipinski definition) is 7. The van der Waals surface area contributed by atoms with Crippen molar-refractivity contribution in [2.45, 2.75) is 44.6 Å². The lowest BCUT2D eigenvalue weighted by molar-refractivity contribution is -0.139. The van der Waals surface area contributed by atoms with E-state index in [-0.39, 0.29) is 12.0 Å². The Bertz CT molecular complexity index is 690. The summed E-state index contributed by atoms with van der Waals surface area (Å²) in [6, 6.07) is 1.94. The summed E-state index contributed by atoms with van der Waals surface area (Å²) in [4.78, 5) is 17.9. The summed E-state index contributed by atoms with van der Waals surface area (Å²) in [6.07, 6.45) is 10.5. The van der Waals surface area contributed by atoms with Crippen molar-refractivity contribution >= 4 is 23.8 Å². The van der Waals surface area contributed by atoms with Crippen LogP contribution >= 0.6 is 0 Å². The highest BCUT2D eigenvalue weighted by Gasteiger charge is 2.25. The Kier molecular flexibility index (Phi) is 5.95. The van der Waals surface area contributed by atoms with Crippen molar-refractivity contribution in [1.29, 1.82) is 0 Å². The minimum absolute atomic E-state index is 0.0463. The number of cyclic esters (lactones) is 1. The van der Waals surface area contributed by atoms with Gasteiger partial charge in [0.15, 0.2) is 0 Å². The highest BCUT2D eigenvalue weighted by molar-refractivity contribution is 5.86. The van der Waals surface area contributed by atoms with Gasteiger partial charge < -0.3 is 20.8 Å². The number of H-pyrrole nitrogens is 1. The number of hydrogen-bond donors (Lipinski definition) is 4. The first-order valence-electron chi connectivity index (χ1n) is 9.21. The Balaban J connectivity index is 0.000000206. The molecule has 142 valence electrons. The molecule has 1 unspecified atom stereocenters. The first kappa shape index (κ1) is 18.5. The number of rotatable bonds is 2. The lowest BCUT2D eigenvalue weighted by atomic mass is 9.85. The van der Waals surface area contributed by atoms with Crippen LogP contribution in [0.5, 0.6) is 0 Å². The van der Waals surface area contributed by atoms with Crippen molar-refractivity contribution in [3.05, 3.63) is 23.5 Å². The van der Waals surface area contributed by atoms with Gasteiger partial charge in [-0.15, -0.1) is 0 Å². The van der Waals surface area contributed by atoms with Crippen LogP contribution in [-0.4, -0.2) is 42.0 Å². The minimum atomic E-state index is -0.118. The Labute approximate surface area is 153 Å². The SMILES string of the molecule is CNC1CCOC1=O.N/C(=C1/c2cc[nH]c2N=CN1N)C1CCCCC1. The molecule has 0 aromatic carbocycles. The normalized spacial score (nSPS) is 24.6. The number of aromatic nitrogens is 1. The van der Waals surface area contributed by atoms with E-state index in [1.807, 2.05) is 12.3 Å². The Morgan fingerprint density at radius 3 is 2.73 bits per heavy atom. The molecule has 1 saturated heterocycles. The number of hydrazine groups is 1. The number of aliphatic imine (C=N–C) groups is 1. The molecule has 2 aliphatic heterocycles. The van der Waals surface area contributed by atoms with Crippen molar-refractivity contribution < 1.29 is 9.53 Å². The predicted molar refractivity (Wildman–Crippen MR) is 101 cm³/mol. The highest BCUT2D eigenvalue weighted by Crippen LogP contribution is 2.36. The fraction of sp³-hybridized carbons (Fsp3) is 0.556. The molecule has 1 aromatic rings. The van der Waals surface area contributed by atoms with E-state index in [9.17, 15) is 4.79 Å². The number of esters is 1. The van der Waals surface area contributed by atoms with Crippen molar-refractivity contribution in [2.75, 3.05) is 13.7 Å². The molecule has 2 fully saturated rings. The van der Waals surface area contributed by atoms with Crippen molar-refractivity contribution in [3.8, 4) is 0 Å². The van der Waals surface area contributed by atoms with E-state index in [0.717, 1.165) is 29.2 Å². The van der Waals surface area contributed by atoms with Gasteiger partial charge in [0.25, 0.3) is 0 Å². The van der Waals surface area contributed by atoms with Crippen LogP contribution in [0.4, 0.5) is 5.82 Å². The maximum atomic E-state index is 10.5. The number of aromatic amines is 1. The van der Waals surface area contributed by atoms with Crippen LogP contribution in [0, 0.1) is 5.92 Å². The summed E-state index contributed by atoms with van der Waals surface area (Å²) in [7, 11) is 1.76. The van der Waals surface area contributed by atoms with E-state index in [0.29, 0.717) is 12.5 Å². The van der Waals surface area contributed by atoms with Crippen LogP contribution in [0.15, 0.2) is 23.0 Å². The zero-order valence-corrected chi connectivity index (χ0v) is 15.2. The molecule has 0 amide bonds. The lowest BCUT2D eigenvalue weighted by Gasteiger charge is -2.28. The molecule has 3 heterocycles. The molecule has 6 N–H and O–H groups in total. The average Bonchev–Trinajstić information content (AvgIpc) is 3.30. The van der Waals surface area contributed by atoms with Gasteiger partial charge in [0.2, 0.25) is 0 Å². The van der Waals surface area contributed by atoms with E-state index in [2.05, 4.69) is 20.0 Å². The van der Waals surface area contributed by atoms with Crippen molar-refractivity contribution in [1.82, 2.24) is 15.3 Å². The van der Waals surface area contributed by atoms with E-state index < -0.39 is 0 Å². The molecule has 1 atom stereocenters. The molecule has 0 bridgehead atoms. The largest absolute Gasteiger partial charge is 0.464 e. The fourth-order valence-electron chi connectivity index (χ4n) is 3.64. The number of allylic oxidation sites excluding steroid dienone is 1. The van der Waals surface area contributed by atoms with Crippen LogP contribution in [0.2, 0.25) is 0 Å². The molecule has 1 aliphatic carbocycles. The van der Waals surface area contributed by atoms with Crippen LogP contribution in [-0.2, 0) is 9.53 Å². The van der Waals surface area contributed by atoms with Crippen molar-refractivity contribution in [3.63, 3.8) is 0 Å². The summed E-state index contributed by atoms with van der Waals surface area (Å²) in [5.41, 5.74) is 9.19. The molecule has 8 nitrogen and oxygen atoms in total. The van der Waals surface area contributed by atoms with Gasteiger partial charge >= 0.3 is 5.97 Å². The van der Waals surface area contributed by atoms with Gasteiger partial charge in [0.1, 0.15) is 18.2 Å². The predicted octanol–water partition coefficient (Wildman–Crippen LogP) is 1.59. The second-order valence-corrected chi connectivity index (χ2v) is 6.83. The molecule has 0 radical (unpaired) electrons. The van der Waals surface area contributed by atoms with Gasteiger partial charge in [-0.1, -0.05) is 19.3 Å².